The molecule has 2 aromatic heterocycles. The molecule has 1 amide bonds. The highest BCUT2D eigenvalue weighted by Crippen LogP contribution is 2.33. The van der Waals surface area contributed by atoms with Gasteiger partial charge in [-0.05, 0) is 13.3 Å². The molecule has 0 aliphatic heterocycles. The number of benzene rings is 2. The number of rotatable bonds is 7. The van der Waals surface area contributed by atoms with Crippen LogP contribution in [0.25, 0.3) is 21.8 Å². The van der Waals surface area contributed by atoms with Gasteiger partial charge in [-0.2, -0.15) is 0 Å². The first-order valence-corrected chi connectivity index (χ1v) is 10.4. The Morgan fingerprint density at radius 1 is 1.03 bits per heavy atom. The molecule has 0 aliphatic rings. The molecule has 6 heteroatoms. The van der Waals surface area contributed by atoms with E-state index < -0.39 is 0 Å². The molecule has 1 N–H and O–H groups in total. The average molecular weight is 403 g/mol. The van der Waals surface area contributed by atoms with E-state index in [4.69, 9.17) is 4.98 Å². The molecule has 5 nitrogen and oxygen atoms in total. The molecule has 0 saturated carbocycles. The monoisotopic (exact) mass is 402 g/mol. The summed E-state index contributed by atoms with van der Waals surface area (Å²) in [7, 11) is 0. The van der Waals surface area contributed by atoms with Gasteiger partial charge in [-0.15, -0.1) is 11.3 Å². The minimum atomic E-state index is -0.0779. The van der Waals surface area contributed by atoms with Gasteiger partial charge in [0.2, 0.25) is 0 Å². The quantitative estimate of drug-likeness (QED) is 0.452. The SMILES string of the molecule is Cc1nccn1CCCNC(=O)c1sc(-c2ccccc2)nc1-c1ccccc1. The van der Waals surface area contributed by atoms with Crippen LogP contribution >= 0.6 is 11.3 Å². The van der Waals surface area contributed by atoms with Gasteiger partial charge in [-0.25, -0.2) is 9.97 Å². The third-order valence-electron chi connectivity index (χ3n) is 4.69. The molecule has 0 unspecified atom stereocenters. The van der Waals surface area contributed by atoms with Gasteiger partial charge in [0.05, 0.1) is 5.69 Å². The minimum Gasteiger partial charge on any atom is -0.351 e. The number of imidazole rings is 1. The molecule has 0 radical (unpaired) electrons. The number of thiazole rings is 1. The molecule has 0 aliphatic carbocycles. The fourth-order valence-corrected chi connectivity index (χ4v) is 4.15. The summed E-state index contributed by atoms with van der Waals surface area (Å²) in [5.74, 6) is 0.906. The van der Waals surface area contributed by atoms with Crippen molar-refractivity contribution in [2.24, 2.45) is 0 Å². The fourth-order valence-electron chi connectivity index (χ4n) is 3.14. The molecular formula is C23H22N4OS. The van der Waals surface area contributed by atoms with Crippen molar-refractivity contribution in [3.05, 3.63) is 83.8 Å². The Bertz CT molecular complexity index is 1090. The van der Waals surface area contributed by atoms with E-state index in [1.54, 1.807) is 6.20 Å². The highest BCUT2D eigenvalue weighted by atomic mass is 32.1. The van der Waals surface area contributed by atoms with E-state index in [2.05, 4.69) is 14.9 Å². The second-order valence-electron chi connectivity index (χ2n) is 6.71. The number of hydrogen-bond donors (Lipinski definition) is 1. The van der Waals surface area contributed by atoms with Gasteiger partial charge < -0.3 is 9.88 Å². The second kappa shape index (κ2) is 8.84. The zero-order chi connectivity index (χ0) is 20.1. The maximum atomic E-state index is 13.0. The number of nitrogens with zero attached hydrogens (tertiary/aromatic N) is 3. The molecule has 2 aromatic carbocycles. The van der Waals surface area contributed by atoms with Gasteiger partial charge in [-0.3, -0.25) is 4.79 Å². The van der Waals surface area contributed by atoms with Crippen LogP contribution in [-0.4, -0.2) is 27.0 Å². The van der Waals surface area contributed by atoms with E-state index in [-0.39, 0.29) is 5.91 Å². The Balaban J connectivity index is 1.52. The number of amides is 1. The van der Waals surface area contributed by atoms with Crippen molar-refractivity contribution < 1.29 is 4.79 Å². The first kappa shape index (κ1) is 19.1. The van der Waals surface area contributed by atoms with Gasteiger partial charge in [0.15, 0.2) is 0 Å². The van der Waals surface area contributed by atoms with Gasteiger partial charge in [0.25, 0.3) is 5.91 Å². The van der Waals surface area contributed by atoms with Crippen molar-refractivity contribution >= 4 is 17.2 Å². The van der Waals surface area contributed by atoms with Crippen molar-refractivity contribution in [1.29, 1.82) is 0 Å². The van der Waals surface area contributed by atoms with Crippen LogP contribution in [0.5, 0.6) is 0 Å². The van der Waals surface area contributed by atoms with Gasteiger partial charge in [0, 0.05) is 36.6 Å². The van der Waals surface area contributed by atoms with Gasteiger partial charge in [-0.1, -0.05) is 60.7 Å². The molecule has 2 heterocycles. The lowest BCUT2D eigenvalue weighted by Gasteiger charge is -2.07. The van der Waals surface area contributed by atoms with Crippen LogP contribution in [0.2, 0.25) is 0 Å². The molecule has 0 bridgehead atoms. The van der Waals surface area contributed by atoms with E-state index in [1.807, 2.05) is 73.8 Å². The Morgan fingerprint density at radius 2 is 1.72 bits per heavy atom. The van der Waals surface area contributed by atoms with Crippen molar-refractivity contribution in [1.82, 2.24) is 19.9 Å². The molecular weight excluding hydrogens is 380 g/mol. The summed E-state index contributed by atoms with van der Waals surface area (Å²) in [6.07, 6.45) is 4.59. The van der Waals surface area contributed by atoms with E-state index in [9.17, 15) is 4.79 Å². The largest absolute Gasteiger partial charge is 0.351 e. The van der Waals surface area contributed by atoms with Crippen molar-refractivity contribution in [2.75, 3.05) is 6.54 Å². The van der Waals surface area contributed by atoms with Crippen molar-refractivity contribution in [3.8, 4) is 21.8 Å². The third kappa shape index (κ3) is 4.43. The molecule has 4 rings (SSSR count). The van der Waals surface area contributed by atoms with Crippen LogP contribution in [0.1, 0.15) is 21.9 Å². The first-order chi connectivity index (χ1) is 14.2. The van der Waals surface area contributed by atoms with Crippen LogP contribution in [0.4, 0.5) is 0 Å². The van der Waals surface area contributed by atoms with E-state index in [0.29, 0.717) is 11.4 Å². The molecule has 0 fully saturated rings. The Hall–Kier alpha value is -3.25. The third-order valence-corrected chi connectivity index (χ3v) is 5.79. The normalized spacial score (nSPS) is 10.8. The van der Waals surface area contributed by atoms with E-state index in [1.165, 1.54) is 11.3 Å². The zero-order valence-electron chi connectivity index (χ0n) is 16.2. The highest BCUT2D eigenvalue weighted by Gasteiger charge is 2.20. The molecule has 0 spiro atoms. The Labute approximate surface area is 174 Å². The molecule has 0 atom stereocenters. The van der Waals surface area contributed by atoms with E-state index >= 15 is 0 Å². The summed E-state index contributed by atoms with van der Waals surface area (Å²) in [5, 5.41) is 3.90. The summed E-state index contributed by atoms with van der Waals surface area (Å²) in [6.45, 7) is 3.41. The summed E-state index contributed by atoms with van der Waals surface area (Å²) in [5.41, 5.74) is 2.70. The molecule has 146 valence electrons. The summed E-state index contributed by atoms with van der Waals surface area (Å²) < 4.78 is 2.09. The van der Waals surface area contributed by atoms with Crippen LogP contribution in [-0.2, 0) is 6.54 Å². The van der Waals surface area contributed by atoms with Crippen molar-refractivity contribution in [3.63, 3.8) is 0 Å². The molecule has 29 heavy (non-hydrogen) atoms. The number of nitrogens with one attached hydrogen (secondary N) is 1. The minimum absolute atomic E-state index is 0.0779. The van der Waals surface area contributed by atoms with Crippen LogP contribution in [0, 0.1) is 6.92 Å². The Kier molecular flexibility index (Phi) is 5.81. The summed E-state index contributed by atoms with van der Waals surface area (Å²) >= 11 is 1.44. The lowest BCUT2D eigenvalue weighted by molar-refractivity contribution is 0.0957. The summed E-state index contributed by atoms with van der Waals surface area (Å²) in [6, 6.07) is 19.8. The number of carbonyl (C=O) groups excluding carboxylic acids is 1. The van der Waals surface area contributed by atoms with E-state index in [0.717, 1.165) is 40.6 Å². The summed E-state index contributed by atoms with van der Waals surface area (Å²) in [4.78, 5) is 22.6. The van der Waals surface area contributed by atoms with Crippen LogP contribution in [0.3, 0.4) is 0 Å². The van der Waals surface area contributed by atoms with Crippen LogP contribution in [0.15, 0.2) is 73.1 Å². The molecule has 0 saturated heterocycles. The molecule has 4 aromatic rings. The second-order valence-corrected chi connectivity index (χ2v) is 7.71. The first-order valence-electron chi connectivity index (χ1n) is 9.60. The standard InChI is InChI=1S/C23H22N4OS/c1-17-24-14-16-27(17)15-8-13-25-22(28)21-20(18-9-4-2-5-10-18)26-23(29-21)19-11-6-3-7-12-19/h2-7,9-12,14,16H,8,13,15H2,1H3,(H,25,28). The fraction of sp³-hybridized carbons (Fsp3) is 0.174. The highest BCUT2D eigenvalue weighted by molar-refractivity contribution is 7.17. The number of aryl methyl sites for hydroxylation is 2. The zero-order valence-corrected chi connectivity index (χ0v) is 17.0. The van der Waals surface area contributed by atoms with Crippen molar-refractivity contribution in [2.45, 2.75) is 19.9 Å². The van der Waals surface area contributed by atoms with Crippen LogP contribution < -0.4 is 5.32 Å². The predicted molar refractivity (Wildman–Crippen MR) is 117 cm³/mol. The van der Waals surface area contributed by atoms with Gasteiger partial charge in [0.1, 0.15) is 15.7 Å². The average Bonchev–Trinajstić information content (AvgIpc) is 3.39. The Morgan fingerprint density at radius 3 is 2.38 bits per heavy atom. The maximum absolute atomic E-state index is 13.0. The maximum Gasteiger partial charge on any atom is 0.263 e. The lowest BCUT2D eigenvalue weighted by atomic mass is 10.1. The number of carbonyl (C=O) groups is 1. The predicted octanol–water partition coefficient (Wildman–Crippen LogP) is 4.80. The lowest BCUT2D eigenvalue weighted by Crippen LogP contribution is -2.25. The van der Waals surface area contributed by atoms with Gasteiger partial charge >= 0.3 is 0 Å². The smallest absolute Gasteiger partial charge is 0.263 e. The number of aromatic nitrogens is 3. The topological polar surface area (TPSA) is 59.8 Å². The number of hydrogen-bond acceptors (Lipinski definition) is 4.